The minimum Gasteiger partial charge on any atom is -0.478 e. The molecule has 0 aromatic heterocycles. The normalized spacial score (nSPS) is 12.2. The first-order valence-corrected chi connectivity index (χ1v) is 6.66. The van der Waals surface area contributed by atoms with E-state index in [1.165, 1.54) is 17.7 Å². The van der Waals surface area contributed by atoms with Crippen LogP contribution in [-0.4, -0.2) is 32.2 Å². The van der Waals surface area contributed by atoms with Gasteiger partial charge in [-0.1, -0.05) is 0 Å². The van der Waals surface area contributed by atoms with Gasteiger partial charge in [-0.15, -0.1) is 0 Å². The van der Waals surface area contributed by atoms with Gasteiger partial charge in [-0.2, -0.15) is 26.3 Å². The molecule has 0 radical (unpaired) electrons. The second kappa shape index (κ2) is 5.67. The average molecular weight is 312 g/mol. The summed E-state index contributed by atoms with van der Waals surface area (Å²) in [4.78, 5) is 10.7. The lowest BCUT2D eigenvalue weighted by Crippen LogP contribution is -2.37. The van der Waals surface area contributed by atoms with Crippen LogP contribution in [0.5, 0.6) is 0 Å². The Morgan fingerprint density at radius 2 is 1.95 bits per heavy atom. The Morgan fingerprint density at radius 1 is 1.35 bits per heavy atom. The van der Waals surface area contributed by atoms with Crippen molar-refractivity contribution in [2.75, 3.05) is 11.3 Å². The second-order valence-electron chi connectivity index (χ2n) is 3.88. The first-order chi connectivity index (χ1) is 9.00. The molecule has 0 atom stereocenters. The first-order valence-electron chi connectivity index (χ1n) is 5.18. The number of carbonyl (C=O) groups is 1. The molecule has 0 fully saturated rings. The standard InChI is InChI=1S/C10H11F3N2O4S/c1-6-4-7(9(16)17)2-3-8(6)15-20(18,19)14-5-10(11,12)13/h2-4,14-15H,5H2,1H3,(H,16,17). The number of aromatic carboxylic acids is 1. The van der Waals surface area contributed by atoms with Gasteiger partial charge in [-0.3, -0.25) is 4.72 Å². The quantitative estimate of drug-likeness (QED) is 0.768. The summed E-state index contributed by atoms with van der Waals surface area (Å²) in [5, 5.41) is 8.73. The Balaban J connectivity index is 2.85. The van der Waals surface area contributed by atoms with Crippen LogP contribution < -0.4 is 9.44 Å². The van der Waals surface area contributed by atoms with Crippen molar-refractivity contribution in [3.8, 4) is 0 Å². The maximum absolute atomic E-state index is 11.9. The Morgan fingerprint density at radius 3 is 2.40 bits per heavy atom. The molecule has 1 rings (SSSR count). The summed E-state index contributed by atoms with van der Waals surface area (Å²) in [5.41, 5.74) is 0.195. The van der Waals surface area contributed by atoms with Crippen molar-refractivity contribution >= 4 is 21.9 Å². The van der Waals surface area contributed by atoms with Crippen molar-refractivity contribution in [3.05, 3.63) is 29.3 Å². The third-order valence-electron chi connectivity index (χ3n) is 2.18. The van der Waals surface area contributed by atoms with Crippen LogP contribution in [0.1, 0.15) is 15.9 Å². The fraction of sp³-hybridized carbons (Fsp3) is 0.300. The molecule has 3 N–H and O–H groups in total. The van der Waals surface area contributed by atoms with Gasteiger partial charge < -0.3 is 5.11 Å². The maximum atomic E-state index is 11.9. The molecular weight excluding hydrogens is 301 g/mol. The summed E-state index contributed by atoms with van der Waals surface area (Å²) in [5.74, 6) is -1.20. The molecule has 1 aromatic rings. The number of nitrogens with one attached hydrogen (secondary N) is 2. The van der Waals surface area contributed by atoms with Gasteiger partial charge in [0.2, 0.25) is 0 Å². The SMILES string of the molecule is Cc1cc(C(=O)O)ccc1NS(=O)(=O)NCC(F)(F)F. The number of carboxylic acids is 1. The predicted octanol–water partition coefficient (Wildman–Crippen LogP) is 1.50. The third-order valence-corrected chi connectivity index (χ3v) is 3.19. The van der Waals surface area contributed by atoms with Crippen molar-refractivity contribution in [1.29, 1.82) is 0 Å². The molecule has 0 saturated heterocycles. The van der Waals surface area contributed by atoms with Crippen LogP contribution in [-0.2, 0) is 10.2 Å². The zero-order valence-electron chi connectivity index (χ0n) is 10.2. The van der Waals surface area contributed by atoms with E-state index in [0.29, 0.717) is 0 Å². The number of alkyl halides is 3. The van der Waals surface area contributed by atoms with Crippen LogP contribution in [0.3, 0.4) is 0 Å². The van der Waals surface area contributed by atoms with Gasteiger partial charge in [0.05, 0.1) is 11.3 Å². The largest absolute Gasteiger partial charge is 0.478 e. The topological polar surface area (TPSA) is 95.5 Å². The van der Waals surface area contributed by atoms with Crippen LogP contribution in [0.4, 0.5) is 18.9 Å². The van der Waals surface area contributed by atoms with Crippen molar-refractivity contribution in [2.24, 2.45) is 0 Å². The summed E-state index contributed by atoms with van der Waals surface area (Å²) in [6.45, 7) is -0.275. The Hall–Kier alpha value is -1.81. The van der Waals surface area contributed by atoms with Crippen LogP contribution in [0, 0.1) is 6.92 Å². The molecular formula is C10H11F3N2O4S. The Labute approximate surface area is 112 Å². The van der Waals surface area contributed by atoms with Gasteiger partial charge >= 0.3 is 12.1 Å². The molecule has 1 aromatic carbocycles. The van der Waals surface area contributed by atoms with Crippen molar-refractivity contribution in [3.63, 3.8) is 0 Å². The number of hydrogen-bond donors (Lipinski definition) is 3. The summed E-state index contributed by atoms with van der Waals surface area (Å²) in [7, 11) is -4.39. The molecule has 0 spiro atoms. The van der Waals surface area contributed by atoms with E-state index in [1.807, 2.05) is 4.72 Å². The zero-order chi connectivity index (χ0) is 15.6. The van der Waals surface area contributed by atoms with Gasteiger partial charge in [0, 0.05) is 0 Å². The van der Waals surface area contributed by atoms with E-state index in [4.69, 9.17) is 5.11 Å². The van der Waals surface area contributed by atoms with Crippen LogP contribution in [0.25, 0.3) is 0 Å². The number of halogens is 3. The highest BCUT2D eigenvalue weighted by Gasteiger charge is 2.29. The van der Waals surface area contributed by atoms with Gasteiger partial charge in [-0.25, -0.2) is 4.79 Å². The number of hydrogen-bond acceptors (Lipinski definition) is 3. The molecule has 0 heterocycles. The fourth-order valence-corrected chi connectivity index (χ4v) is 2.21. The molecule has 0 aliphatic rings. The number of benzene rings is 1. The smallest absolute Gasteiger partial charge is 0.402 e. The second-order valence-corrected chi connectivity index (χ2v) is 5.38. The zero-order valence-corrected chi connectivity index (χ0v) is 11.0. The molecule has 0 unspecified atom stereocenters. The van der Waals surface area contributed by atoms with E-state index in [9.17, 15) is 26.4 Å². The highest BCUT2D eigenvalue weighted by molar-refractivity contribution is 7.90. The fourth-order valence-electron chi connectivity index (χ4n) is 1.27. The molecule has 112 valence electrons. The lowest BCUT2D eigenvalue weighted by molar-refractivity contribution is -0.121. The Bertz CT molecular complexity index is 613. The maximum Gasteiger partial charge on any atom is 0.402 e. The number of carboxylic acid groups (broad SMARTS) is 1. The average Bonchev–Trinajstić information content (AvgIpc) is 2.28. The summed E-state index contributed by atoms with van der Waals surface area (Å²) in [6, 6.07) is 3.49. The van der Waals surface area contributed by atoms with Crippen molar-refractivity contribution in [1.82, 2.24) is 4.72 Å². The van der Waals surface area contributed by atoms with Gasteiger partial charge in [0.15, 0.2) is 0 Å². The molecule has 0 saturated carbocycles. The van der Waals surface area contributed by atoms with Gasteiger partial charge in [0.1, 0.15) is 6.54 Å². The summed E-state index contributed by atoms with van der Waals surface area (Å²) < 4.78 is 61.8. The molecule has 0 amide bonds. The molecule has 0 bridgehead atoms. The van der Waals surface area contributed by atoms with E-state index in [-0.39, 0.29) is 16.8 Å². The molecule has 10 heteroatoms. The minimum absolute atomic E-state index is 0.00956. The minimum atomic E-state index is -4.67. The van der Waals surface area contributed by atoms with E-state index in [0.717, 1.165) is 12.1 Å². The van der Waals surface area contributed by atoms with E-state index >= 15 is 0 Å². The van der Waals surface area contributed by atoms with Crippen LogP contribution in [0.15, 0.2) is 18.2 Å². The van der Waals surface area contributed by atoms with Crippen molar-refractivity contribution in [2.45, 2.75) is 13.1 Å². The third kappa shape index (κ3) is 5.05. The molecule has 0 aliphatic heterocycles. The van der Waals surface area contributed by atoms with Crippen molar-refractivity contribution < 1.29 is 31.5 Å². The van der Waals surface area contributed by atoms with E-state index in [1.54, 1.807) is 0 Å². The van der Waals surface area contributed by atoms with Gasteiger partial charge in [0.25, 0.3) is 10.2 Å². The van der Waals surface area contributed by atoms with E-state index < -0.39 is 28.9 Å². The molecule has 20 heavy (non-hydrogen) atoms. The van der Waals surface area contributed by atoms with Gasteiger partial charge in [-0.05, 0) is 30.7 Å². The molecule has 0 aliphatic carbocycles. The highest BCUT2D eigenvalue weighted by Crippen LogP contribution is 2.18. The number of anilines is 1. The monoisotopic (exact) mass is 312 g/mol. The molecule has 6 nitrogen and oxygen atoms in total. The number of rotatable bonds is 5. The summed E-state index contributed by atoms with van der Waals surface area (Å²) in [6.07, 6.45) is -4.67. The van der Waals surface area contributed by atoms with Crippen LogP contribution >= 0.6 is 0 Å². The predicted molar refractivity (Wildman–Crippen MR) is 64.7 cm³/mol. The lowest BCUT2D eigenvalue weighted by atomic mass is 10.1. The lowest BCUT2D eigenvalue weighted by Gasteiger charge is -2.13. The summed E-state index contributed by atoms with van der Waals surface area (Å²) >= 11 is 0. The first kappa shape index (κ1) is 16.2. The Kier molecular flexibility index (Phi) is 4.61. The highest BCUT2D eigenvalue weighted by atomic mass is 32.2. The number of aryl methyl sites for hydroxylation is 1. The van der Waals surface area contributed by atoms with Crippen LogP contribution in [0.2, 0.25) is 0 Å². The van der Waals surface area contributed by atoms with E-state index in [2.05, 4.69) is 0 Å².